The normalized spacial score (nSPS) is 14.2. The zero-order chi connectivity index (χ0) is 16.6. The first-order chi connectivity index (χ1) is 9.44. The minimum Gasteiger partial charge on any atom is -0.491 e. The summed E-state index contributed by atoms with van der Waals surface area (Å²) in [5.41, 5.74) is -3.43. The third kappa shape index (κ3) is 3.13. The summed E-state index contributed by atoms with van der Waals surface area (Å²) in [5, 5.41) is 10.1. The number of halogens is 4. The van der Waals surface area contributed by atoms with E-state index in [4.69, 9.17) is 0 Å². The number of hydrogen-bond donors (Lipinski definition) is 1. The predicted molar refractivity (Wildman–Crippen MR) is 69.8 cm³/mol. The Kier molecular flexibility index (Phi) is 4.59. The van der Waals surface area contributed by atoms with E-state index in [2.05, 4.69) is 10.7 Å². The van der Waals surface area contributed by atoms with Crippen LogP contribution in [-0.4, -0.2) is 17.8 Å². The highest BCUT2D eigenvalue weighted by atomic mass is 19.2. The van der Waals surface area contributed by atoms with Gasteiger partial charge in [-0.1, -0.05) is 32.6 Å². The summed E-state index contributed by atoms with van der Waals surface area (Å²) in [6.45, 7) is 6.31. The van der Waals surface area contributed by atoms with E-state index in [0.29, 0.717) is 0 Å². The lowest BCUT2D eigenvalue weighted by atomic mass is 9.78. The molecule has 0 amide bonds. The largest absolute Gasteiger partial charge is 0.491 e. The molecule has 0 aliphatic carbocycles. The van der Waals surface area contributed by atoms with E-state index in [-0.39, 0.29) is 0 Å². The quantitative estimate of drug-likeness (QED) is 0.489. The maximum atomic E-state index is 13.7. The van der Waals surface area contributed by atoms with Crippen LogP contribution in [0.25, 0.3) is 0 Å². The SMILES string of the molecule is COc1c(F)c(F)c(C#CC(C)(O)C(C)(C)C)c(F)c1F. The van der Waals surface area contributed by atoms with Gasteiger partial charge >= 0.3 is 0 Å². The van der Waals surface area contributed by atoms with E-state index in [1.54, 1.807) is 20.8 Å². The summed E-state index contributed by atoms with van der Waals surface area (Å²) in [5.74, 6) is -3.61. The zero-order valence-corrected chi connectivity index (χ0v) is 12.4. The summed E-state index contributed by atoms with van der Waals surface area (Å²) in [7, 11) is 0.885. The summed E-state index contributed by atoms with van der Waals surface area (Å²) in [6, 6.07) is 0. The molecule has 0 saturated heterocycles. The van der Waals surface area contributed by atoms with Gasteiger partial charge in [0.25, 0.3) is 0 Å². The first-order valence-corrected chi connectivity index (χ1v) is 6.09. The second-order valence-electron chi connectivity index (χ2n) is 5.74. The highest BCUT2D eigenvalue weighted by Crippen LogP contribution is 2.31. The molecule has 21 heavy (non-hydrogen) atoms. The molecule has 1 unspecified atom stereocenters. The van der Waals surface area contributed by atoms with Crippen LogP contribution >= 0.6 is 0 Å². The molecule has 6 heteroatoms. The summed E-state index contributed by atoms with van der Waals surface area (Å²) in [4.78, 5) is 0. The summed E-state index contributed by atoms with van der Waals surface area (Å²) < 4.78 is 58.7. The van der Waals surface area contributed by atoms with Crippen LogP contribution in [0.5, 0.6) is 5.75 Å². The van der Waals surface area contributed by atoms with Crippen molar-refractivity contribution < 1.29 is 27.4 Å². The molecule has 1 aromatic rings. The monoisotopic (exact) mass is 304 g/mol. The van der Waals surface area contributed by atoms with E-state index in [1.807, 2.05) is 5.92 Å². The fraction of sp³-hybridized carbons (Fsp3) is 0.467. The smallest absolute Gasteiger partial charge is 0.205 e. The minimum absolute atomic E-state index is 0.726. The Labute approximate surface area is 120 Å². The van der Waals surface area contributed by atoms with Crippen molar-refractivity contribution in [3.05, 3.63) is 28.8 Å². The maximum absolute atomic E-state index is 13.7. The average molecular weight is 304 g/mol. The standard InChI is InChI=1S/C15H16F4O2/c1-14(2,3)15(4,20)7-6-8-9(16)11(18)13(21-5)12(19)10(8)17/h20H,1-5H3. The molecule has 2 nitrogen and oxygen atoms in total. The molecule has 0 radical (unpaired) electrons. The van der Waals surface area contributed by atoms with Gasteiger partial charge in [0.15, 0.2) is 17.4 Å². The third-order valence-corrected chi connectivity index (χ3v) is 3.32. The molecule has 0 heterocycles. The minimum atomic E-state index is -1.67. The van der Waals surface area contributed by atoms with Crippen molar-refractivity contribution in [2.45, 2.75) is 33.3 Å². The van der Waals surface area contributed by atoms with Gasteiger partial charge in [-0.25, -0.2) is 8.78 Å². The van der Waals surface area contributed by atoms with E-state index >= 15 is 0 Å². The van der Waals surface area contributed by atoms with Crippen LogP contribution in [0.15, 0.2) is 0 Å². The molecule has 0 saturated carbocycles. The summed E-state index contributed by atoms with van der Waals surface area (Å²) >= 11 is 0. The fourth-order valence-electron chi connectivity index (χ4n) is 1.27. The van der Waals surface area contributed by atoms with Crippen LogP contribution in [-0.2, 0) is 0 Å². The predicted octanol–water partition coefficient (Wildman–Crippen LogP) is 3.40. The number of hydrogen-bond acceptors (Lipinski definition) is 2. The Morgan fingerprint density at radius 3 is 1.67 bits per heavy atom. The van der Waals surface area contributed by atoms with Gasteiger partial charge in [0.1, 0.15) is 11.2 Å². The molecular weight excluding hydrogens is 288 g/mol. The second-order valence-corrected chi connectivity index (χ2v) is 5.74. The molecule has 0 aliphatic rings. The number of ether oxygens (including phenoxy) is 1. The van der Waals surface area contributed by atoms with Crippen molar-refractivity contribution in [1.82, 2.24) is 0 Å². The lowest BCUT2D eigenvalue weighted by Crippen LogP contribution is -2.38. The molecule has 0 fully saturated rings. The van der Waals surface area contributed by atoms with Crippen LogP contribution in [0.3, 0.4) is 0 Å². The maximum Gasteiger partial charge on any atom is 0.205 e. The van der Waals surface area contributed by atoms with Gasteiger partial charge in [-0.3, -0.25) is 0 Å². The Morgan fingerprint density at radius 1 is 0.905 bits per heavy atom. The first kappa shape index (κ1) is 17.3. The molecule has 1 N–H and O–H groups in total. The van der Waals surface area contributed by atoms with Crippen LogP contribution in [0.1, 0.15) is 33.3 Å². The van der Waals surface area contributed by atoms with E-state index in [9.17, 15) is 22.7 Å². The van der Waals surface area contributed by atoms with Crippen LogP contribution < -0.4 is 4.74 Å². The van der Waals surface area contributed by atoms with Crippen molar-refractivity contribution >= 4 is 0 Å². The van der Waals surface area contributed by atoms with Crippen molar-refractivity contribution in [2.24, 2.45) is 5.41 Å². The van der Waals surface area contributed by atoms with Gasteiger partial charge in [-0.15, -0.1) is 0 Å². The van der Waals surface area contributed by atoms with Gasteiger partial charge < -0.3 is 9.84 Å². The van der Waals surface area contributed by atoms with Gasteiger partial charge in [-0.2, -0.15) is 8.78 Å². The number of methoxy groups -OCH3 is 1. The Hall–Kier alpha value is -1.74. The topological polar surface area (TPSA) is 29.5 Å². The van der Waals surface area contributed by atoms with Crippen molar-refractivity contribution in [2.75, 3.05) is 7.11 Å². The molecular formula is C15H16F4O2. The Balaban J connectivity index is 3.50. The van der Waals surface area contributed by atoms with Gasteiger partial charge in [0.2, 0.25) is 11.6 Å². The van der Waals surface area contributed by atoms with Crippen LogP contribution in [0, 0.1) is 40.5 Å². The number of rotatable bonds is 1. The van der Waals surface area contributed by atoms with Crippen molar-refractivity contribution in [1.29, 1.82) is 0 Å². The van der Waals surface area contributed by atoms with Gasteiger partial charge in [0, 0.05) is 5.41 Å². The lowest BCUT2D eigenvalue weighted by molar-refractivity contribution is 0.0128. The Bertz CT molecular complexity index is 590. The summed E-state index contributed by atoms with van der Waals surface area (Å²) in [6.07, 6.45) is 0. The molecule has 0 aliphatic heterocycles. The van der Waals surface area contributed by atoms with E-state index < -0.39 is 45.6 Å². The van der Waals surface area contributed by atoms with Crippen molar-refractivity contribution in [3.63, 3.8) is 0 Å². The highest BCUT2D eigenvalue weighted by molar-refractivity contribution is 5.44. The number of benzene rings is 1. The molecule has 0 bridgehead atoms. The highest BCUT2D eigenvalue weighted by Gasteiger charge is 2.34. The van der Waals surface area contributed by atoms with Crippen molar-refractivity contribution in [3.8, 4) is 17.6 Å². The average Bonchev–Trinajstić information content (AvgIpc) is 2.35. The first-order valence-electron chi connectivity index (χ1n) is 6.09. The fourth-order valence-corrected chi connectivity index (χ4v) is 1.27. The molecule has 1 atom stereocenters. The molecule has 1 rings (SSSR count). The van der Waals surface area contributed by atoms with Crippen LogP contribution in [0.4, 0.5) is 17.6 Å². The van der Waals surface area contributed by atoms with E-state index in [0.717, 1.165) is 7.11 Å². The number of aliphatic hydroxyl groups is 1. The van der Waals surface area contributed by atoms with E-state index in [1.165, 1.54) is 6.92 Å². The van der Waals surface area contributed by atoms with Gasteiger partial charge in [0.05, 0.1) is 7.11 Å². The molecule has 0 spiro atoms. The molecule has 0 aromatic heterocycles. The molecule has 116 valence electrons. The zero-order valence-electron chi connectivity index (χ0n) is 12.4. The second kappa shape index (κ2) is 5.57. The lowest BCUT2D eigenvalue weighted by Gasteiger charge is -2.32. The Morgan fingerprint density at radius 2 is 1.33 bits per heavy atom. The van der Waals surface area contributed by atoms with Crippen LogP contribution in [0.2, 0.25) is 0 Å². The third-order valence-electron chi connectivity index (χ3n) is 3.32. The van der Waals surface area contributed by atoms with Gasteiger partial charge in [-0.05, 0) is 6.92 Å². The molecule has 1 aromatic carbocycles.